The number of aryl methyl sites for hydroxylation is 3. The molecular weight excluding hydrogens is 308 g/mol. The number of hydrogen-bond donors (Lipinski definition) is 1. The summed E-state index contributed by atoms with van der Waals surface area (Å²) >= 11 is 5.22. The molecule has 1 aromatic heterocycles. The molecule has 0 fully saturated rings. The number of hydrogen-bond acceptors (Lipinski definition) is 3. The number of benzene rings is 1. The molecule has 0 aliphatic heterocycles. The SMILES string of the molecule is Cc1nc(C(C)Nc2c(C)cc(Br)cc2C)cs1. The van der Waals surface area contributed by atoms with E-state index in [1.54, 1.807) is 11.3 Å². The highest BCUT2D eigenvalue weighted by Crippen LogP contribution is 2.28. The monoisotopic (exact) mass is 324 g/mol. The molecule has 1 heterocycles. The molecule has 0 spiro atoms. The standard InChI is InChI=1S/C14H17BrN2S/c1-8-5-12(15)6-9(2)14(8)16-10(3)13-7-18-11(4)17-13/h5-7,10,16H,1-4H3. The molecule has 0 radical (unpaired) electrons. The third-order valence-electron chi connectivity index (χ3n) is 2.94. The van der Waals surface area contributed by atoms with Crippen LogP contribution in [0.15, 0.2) is 22.0 Å². The first-order valence-corrected chi connectivity index (χ1v) is 7.60. The van der Waals surface area contributed by atoms with Crippen LogP contribution in [0.2, 0.25) is 0 Å². The molecular formula is C14H17BrN2S. The van der Waals surface area contributed by atoms with Gasteiger partial charge in [0.15, 0.2) is 0 Å². The number of nitrogens with zero attached hydrogens (tertiary/aromatic N) is 1. The van der Waals surface area contributed by atoms with E-state index in [1.807, 2.05) is 6.92 Å². The van der Waals surface area contributed by atoms with E-state index < -0.39 is 0 Å². The van der Waals surface area contributed by atoms with E-state index in [4.69, 9.17) is 0 Å². The lowest BCUT2D eigenvalue weighted by Gasteiger charge is -2.18. The molecule has 0 saturated heterocycles. The van der Waals surface area contributed by atoms with Gasteiger partial charge in [0.25, 0.3) is 0 Å². The van der Waals surface area contributed by atoms with Gasteiger partial charge in [-0.15, -0.1) is 11.3 Å². The summed E-state index contributed by atoms with van der Waals surface area (Å²) in [6.07, 6.45) is 0. The van der Waals surface area contributed by atoms with Crippen LogP contribution < -0.4 is 5.32 Å². The first-order chi connectivity index (χ1) is 8.47. The van der Waals surface area contributed by atoms with Gasteiger partial charge in [0.1, 0.15) is 0 Å². The van der Waals surface area contributed by atoms with Crippen LogP contribution in [-0.4, -0.2) is 4.98 Å². The van der Waals surface area contributed by atoms with Gasteiger partial charge < -0.3 is 5.32 Å². The molecule has 0 bridgehead atoms. The van der Waals surface area contributed by atoms with Crippen LogP contribution in [0.4, 0.5) is 5.69 Å². The molecule has 96 valence electrons. The van der Waals surface area contributed by atoms with E-state index >= 15 is 0 Å². The summed E-state index contributed by atoms with van der Waals surface area (Å²) < 4.78 is 1.13. The lowest BCUT2D eigenvalue weighted by molar-refractivity contribution is 0.842. The zero-order valence-corrected chi connectivity index (χ0v) is 13.4. The van der Waals surface area contributed by atoms with Crippen molar-refractivity contribution in [1.82, 2.24) is 4.98 Å². The van der Waals surface area contributed by atoms with Crippen LogP contribution in [-0.2, 0) is 0 Å². The van der Waals surface area contributed by atoms with Gasteiger partial charge >= 0.3 is 0 Å². The Kier molecular flexibility index (Phi) is 4.07. The molecule has 1 unspecified atom stereocenters. The maximum Gasteiger partial charge on any atom is 0.0898 e. The first-order valence-electron chi connectivity index (χ1n) is 5.92. The normalized spacial score (nSPS) is 12.5. The molecule has 0 amide bonds. The quantitative estimate of drug-likeness (QED) is 0.858. The van der Waals surface area contributed by atoms with E-state index in [0.717, 1.165) is 15.2 Å². The number of aromatic nitrogens is 1. The van der Waals surface area contributed by atoms with Crippen molar-refractivity contribution in [1.29, 1.82) is 0 Å². The zero-order valence-electron chi connectivity index (χ0n) is 11.0. The minimum absolute atomic E-state index is 0.230. The van der Waals surface area contributed by atoms with Crippen LogP contribution in [0.5, 0.6) is 0 Å². The fraction of sp³-hybridized carbons (Fsp3) is 0.357. The van der Waals surface area contributed by atoms with Gasteiger partial charge in [-0.2, -0.15) is 0 Å². The van der Waals surface area contributed by atoms with E-state index in [1.165, 1.54) is 16.8 Å². The van der Waals surface area contributed by atoms with Crippen molar-refractivity contribution in [2.45, 2.75) is 33.7 Å². The Hall–Kier alpha value is -0.870. The van der Waals surface area contributed by atoms with Crippen LogP contribution in [0.1, 0.15) is 34.8 Å². The Morgan fingerprint density at radius 1 is 1.22 bits per heavy atom. The highest BCUT2D eigenvalue weighted by molar-refractivity contribution is 9.10. The molecule has 2 nitrogen and oxygen atoms in total. The van der Waals surface area contributed by atoms with Crippen LogP contribution in [0, 0.1) is 20.8 Å². The summed E-state index contributed by atoms with van der Waals surface area (Å²) in [5, 5.41) is 6.79. The van der Waals surface area contributed by atoms with Gasteiger partial charge in [-0.05, 0) is 51.0 Å². The lowest BCUT2D eigenvalue weighted by Crippen LogP contribution is -2.09. The largest absolute Gasteiger partial charge is 0.376 e. The summed E-state index contributed by atoms with van der Waals surface area (Å²) in [6.45, 7) is 8.44. The molecule has 1 atom stereocenters. The third kappa shape index (κ3) is 2.93. The summed E-state index contributed by atoms with van der Waals surface area (Å²) in [7, 11) is 0. The van der Waals surface area contributed by atoms with Crippen LogP contribution in [0.25, 0.3) is 0 Å². The van der Waals surface area contributed by atoms with Crippen molar-refractivity contribution in [2.75, 3.05) is 5.32 Å². The molecule has 0 aliphatic carbocycles. The fourth-order valence-corrected chi connectivity index (χ4v) is 3.40. The molecule has 0 saturated carbocycles. The summed E-state index contributed by atoms with van der Waals surface area (Å²) in [5.74, 6) is 0. The second-order valence-electron chi connectivity index (χ2n) is 4.57. The van der Waals surface area contributed by atoms with E-state index in [9.17, 15) is 0 Å². The van der Waals surface area contributed by atoms with Crippen molar-refractivity contribution in [3.05, 3.63) is 43.8 Å². The topological polar surface area (TPSA) is 24.9 Å². The molecule has 4 heteroatoms. The van der Waals surface area contributed by atoms with Crippen molar-refractivity contribution >= 4 is 33.0 Å². The fourth-order valence-electron chi connectivity index (χ4n) is 2.01. The smallest absolute Gasteiger partial charge is 0.0898 e. The number of thiazole rings is 1. The van der Waals surface area contributed by atoms with Gasteiger partial charge in [0, 0.05) is 15.5 Å². The van der Waals surface area contributed by atoms with E-state index in [2.05, 4.69) is 64.5 Å². The summed E-state index contributed by atoms with van der Waals surface area (Å²) in [6, 6.07) is 4.50. The number of anilines is 1. The minimum atomic E-state index is 0.230. The van der Waals surface area contributed by atoms with Crippen LogP contribution in [0.3, 0.4) is 0 Å². The highest BCUT2D eigenvalue weighted by Gasteiger charge is 2.11. The molecule has 18 heavy (non-hydrogen) atoms. The molecule has 2 rings (SSSR count). The maximum atomic E-state index is 4.53. The Morgan fingerprint density at radius 3 is 2.33 bits per heavy atom. The minimum Gasteiger partial charge on any atom is -0.376 e. The predicted octanol–water partition coefficient (Wildman–Crippen LogP) is 5.00. The summed E-state index contributed by atoms with van der Waals surface area (Å²) in [4.78, 5) is 4.53. The van der Waals surface area contributed by atoms with Gasteiger partial charge in [-0.1, -0.05) is 15.9 Å². The van der Waals surface area contributed by atoms with Gasteiger partial charge in [0.05, 0.1) is 16.7 Å². The Labute approximate surface area is 121 Å². The Morgan fingerprint density at radius 2 is 1.83 bits per heavy atom. The van der Waals surface area contributed by atoms with Gasteiger partial charge in [-0.25, -0.2) is 4.98 Å². The highest BCUT2D eigenvalue weighted by atomic mass is 79.9. The van der Waals surface area contributed by atoms with Crippen molar-refractivity contribution in [3.63, 3.8) is 0 Å². The van der Waals surface area contributed by atoms with Crippen molar-refractivity contribution in [3.8, 4) is 0 Å². The zero-order chi connectivity index (χ0) is 13.3. The average Bonchev–Trinajstić information content (AvgIpc) is 2.70. The molecule has 1 N–H and O–H groups in total. The van der Waals surface area contributed by atoms with Crippen LogP contribution >= 0.6 is 27.3 Å². The average molecular weight is 325 g/mol. The predicted molar refractivity (Wildman–Crippen MR) is 82.5 cm³/mol. The first kappa shape index (κ1) is 13.6. The number of nitrogens with one attached hydrogen (secondary N) is 1. The van der Waals surface area contributed by atoms with Crippen molar-refractivity contribution in [2.24, 2.45) is 0 Å². The van der Waals surface area contributed by atoms with Gasteiger partial charge in [-0.3, -0.25) is 0 Å². The van der Waals surface area contributed by atoms with Gasteiger partial charge in [0.2, 0.25) is 0 Å². The number of rotatable bonds is 3. The third-order valence-corrected chi connectivity index (χ3v) is 4.19. The maximum absolute atomic E-state index is 4.53. The molecule has 2 aromatic rings. The second-order valence-corrected chi connectivity index (χ2v) is 6.55. The molecule has 0 aliphatic rings. The Bertz CT molecular complexity index is 540. The Balaban J connectivity index is 2.24. The second kappa shape index (κ2) is 5.41. The molecule has 1 aromatic carbocycles. The lowest BCUT2D eigenvalue weighted by atomic mass is 10.1. The van der Waals surface area contributed by atoms with E-state index in [0.29, 0.717) is 0 Å². The summed E-state index contributed by atoms with van der Waals surface area (Å²) in [5.41, 5.74) is 4.82. The number of halogens is 1. The van der Waals surface area contributed by atoms with E-state index in [-0.39, 0.29) is 6.04 Å². The van der Waals surface area contributed by atoms with Crippen molar-refractivity contribution < 1.29 is 0 Å².